The van der Waals surface area contributed by atoms with E-state index in [1.54, 1.807) is 6.08 Å². The topological polar surface area (TPSA) is 44.1 Å². The van der Waals surface area contributed by atoms with E-state index in [4.69, 9.17) is 4.74 Å². The summed E-state index contributed by atoms with van der Waals surface area (Å²) in [6.45, 7) is 7.25. The predicted octanol–water partition coefficient (Wildman–Crippen LogP) is 1.61. The number of hydrogen-bond donors (Lipinski definition) is 0. The molecule has 0 unspecified atom stereocenters. The smallest absolute Gasteiger partial charge is 0.419 e. The number of imidazole rings is 1. The summed E-state index contributed by atoms with van der Waals surface area (Å²) in [5, 5.41) is 0. The first-order valence-electron chi connectivity index (χ1n) is 3.69. The van der Waals surface area contributed by atoms with Crippen LogP contribution in [0.3, 0.4) is 0 Å². The highest BCUT2D eigenvalue weighted by molar-refractivity contribution is 5.70. The summed E-state index contributed by atoms with van der Waals surface area (Å²) in [4.78, 5) is 14.9. The van der Waals surface area contributed by atoms with Crippen LogP contribution in [0, 0.1) is 0 Å². The third-order valence-electron chi connectivity index (χ3n) is 1.38. The molecule has 4 heteroatoms. The molecule has 0 radical (unpaired) electrons. The van der Waals surface area contributed by atoms with Crippen molar-refractivity contribution in [1.29, 1.82) is 0 Å². The fourth-order valence-corrected chi connectivity index (χ4v) is 0.655. The second kappa shape index (κ2) is 4.25. The molecule has 0 aliphatic heterocycles. The molecule has 0 fully saturated rings. The van der Waals surface area contributed by atoms with Crippen molar-refractivity contribution in [3.05, 3.63) is 43.5 Å². The Labute approximate surface area is 76.2 Å². The average Bonchev–Trinajstić information content (AvgIpc) is 2.66. The number of hydrogen-bond acceptors (Lipinski definition) is 3. The highest BCUT2D eigenvalue weighted by Crippen LogP contribution is 1.95. The second-order valence-corrected chi connectivity index (χ2v) is 2.39. The van der Waals surface area contributed by atoms with Crippen LogP contribution in [0.1, 0.15) is 0 Å². The Bertz CT molecular complexity index is 314. The molecule has 0 bridgehead atoms. The predicted molar refractivity (Wildman–Crippen MR) is 48.3 cm³/mol. The zero-order valence-corrected chi connectivity index (χ0v) is 7.14. The van der Waals surface area contributed by atoms with Gasteiger partial charge >= 0.3 is 6.09 Å². The monoisotopic (exact) mass is 178 g/mol. The molecular weight excluding hydrogens is 168 g/mol. The molecule has 4 nitrogen and oxygen atoms in total. The SMILES string of the molecule is C=CC(=C)COC(=O)n1ccnc1. The summed E-state index contributed by atoms with van der Waals surface area (Å²) in [6.07, 6.45) is 5.46. The van der Waals surface area contributed by atoms with E-state index in [1.807, 2.05) is 0 Å². The van der Waals surface area contributed by atoms with E-state index in [-0.39, 0.29) is 6.61 Å². The molecule has 1 aromatic rings. The van der Waals surface area contributed by atoms with E-state index in [0.29, 0.717) is 5.57 Å². The largest absolute Gasteiger partial charge is 0.444 e. The Morgan fingerprint density at radius 1 is 1.69 bits per heavy atom. The van der Waals surface area contributed by atoms with Crippen LogP contribution in [0.4, 0.5) is 4.79 Å². The number of ether oxygens (including phenoxy) is 1. The highest BCUT2D eigenvalue weighted by Gasteiger charge is 2.03. The molecule has 0 aliphatic rings. The number of aromatic nitrogens is 2. The number of rotatable bonds is 3. The van der Waals surface area contributed by atoms with E-state index in [2.05, 4.69) is 18.1 Å². The molecule has 0 saturated heterocycles. The highest BCUT2D eigenvalue weighted by atomic mass is 16.5. The molecule has 0 saturated carbocycles. The molecule has 1 rings (SSSR count). The Hall–Kier alpha value is -1.84. The van der Waals surface area contributed by atoms with Crippen LogP contribution < -0.4 is 0 Å². The second-order valence-electron chi connectivity index (χ2n) is 2.39. The van der Waals surface area contributed by atoms with Crippen molar-refractivity contribution in [3.63, 3.8) is 0 Å². The molecule has 1 heterocycles. The average molecular weight is 178 g/mol. The zero-order chi connectivity index (χ0) is 9.68. The van der Waals surface area contributed by atoms with E-state index >= 15 is 0 Å². The van der Waals surface area contributed by atoms with E-state index in [9.17, 15) is 4.79 Å². The van der Waals surface area contributed by atoms with Gasteiger partial charge in [-0.3, -0.25) is 0 Å². The van der Waals surface area contributed by atoms with Crippen molar-refractivity contribution >= 4 is 6.09 Å². The Kier molecular flexibility index (Phi) is 3.03. The summed E-state index contributed by atoms with van der Waals surface area (Å²) in [5.74, 6) is 0. The molecule has 68 valence electrons. The van der Waals surface area contributed by atoms with Crippen LogP contribution in [-0.4, -0.2) is 22.3 Å². The molecule has 0 amide bonds. The van der Waals surface area contributed by atoms with Crippen LogP contribution in [-0.2, 0) is 4.74 Å². The zero-order valence-electron chi connectivity index (χ0n) is 7.14. The number of carbonyl (C=O) groups excluding carboxylic acids is 1. The molecule has 0 atom stereocenters. The lowest BCUT2D eigenvalue weighted by Crippen LogP contribution is -2.12. The van der Waals surface area contributed by atoms with Gasteiger partial charge in [0.05, 0.1) is 0 Å². The molecule has 0 aliphatic carbocycles. The van der Waals surface area contributed by atoms with Crippen molar-refractivity contribution < 1.29 is 9.53 Å². The third kappa shape index (κ3) is 2.59. The fraction of sp³-hybridized carbons (Fsp3) is 0.111. The van der Waals surface area contributed by atoms with Gasteiger partial charge in [0, 0.05) is 12.4 Å². The summed E-state index contributed by atoms with van der Waals surface area (Å²) >= 11 is 0. The van der Waals surface area contributed by atoms with Crippen LogP contribution in [0.5, 0.6) is 0 Å². The first-order chi connectivity index (χ1) is 6.24. The maximum Gasteiger partial charge on any atom is 0.419 e. The van der Waals surface area contributed by atoms with Crippen molar-refractivity contribution in [1.82, 2.24) is 9.55 Å². The van der Waals surface area contributed by atoms with Crippen molar-refractivity contribution in [2.75, 3.05) is 6.61 Å². The molecule has 13 heavy (non-hydrogen) atoms. The fourth-order valence-electron chi connectivity index (χ4n) is 0.655. The number of nitrogens with zero attached hydrogens (tertiary/aromatic N) is 2. The van der Waals surface area contributed by atoms with Gasteiger partial charge in [-0.1, -0.05) is 19.2 Å². The van der Waals surface area contributed by atoms with Gasteiger partial charge in [0.1, 0.15) is 12.9 Å². The summed E-state index contributed by atoms with van der Waals surface area (Å²) in [5.41, 5.74) is 0.661. The van der Waals surface area contributed by atoms with Gasteiger partial charge < -0.3 is 4.74 Å². The van der Waals surface area contributed by atoms with E-state index < -0.39 is 6.09 Å². The maximum atomic E-state index is 11.2. The van der Waals surface area contributed by atoms with E-state index in [0.717, 1.165) is 0 Å². The van der Waals surface area contributed by atoms with Crippen LogP contribution >= 0.6 is 0 Å². The van der Waals surface area contributed by atoms with Gasteiger partial charge in [-0.25, -0.2) is 14.3 Å². The Morgan fingerprint density at radius 3 is 3.00 bits per heavy atom. The van der Waals surface area contributed by atoms with Crippen LogP contribution in [0.15, 0.2) is 43.5 Å². The maximum absolute atomic E-state index is 11.2. The minimum Gasteiger partial charge on any atom is -0.444 e. The minimum absolute atomic E-state index is 0.153. The van der Waals surface area contributed by atoms with Crippen molar-refractivity contribution in [2.45, 2.75) is 0 Å². The lowest BCUT2D eigenvalue weighted by molar-refractivity contribution is 0.158. The lowest BCUT2D eigenvalue weighted by atomic mass is 10.3. The molecule has 0 aromatic carbocycles. The first kappa shape index (κ1) is 9.25. The summed E-state index contributed by atoms with van der Waals surface area (Å²) < 4.78 is 6.10. The van der Waals surface area contributed by atoms with Gasteiger partial charge in [0.15, 0.2) is 0 Å². The van der Waals surface area contributed by atoms with Gasteiger partial charge in [0.2, 0.25) is 0 Å². The minimum atomic E-state index is -0.472. The summed E-state index contributed by atoms with van der Waals surface area (Å²) in [6, 6.07) is 0. The van der Waals surface area contributed by atoms with Gasteiger partial charge in [-0.2, -0.15) is 0 Å². The lowest BCUT2D eigenvalue weighted by Gasteiger charge is -2.03. The van der Waals surface area contributed by atoms with E-state index in [1.165, 1.54) is 23.3 Å². The van der Waals surface area contributed by atoms with Gasteiger partial charge in [0.25, 0.3) is 0 Å². The van der Waals surface area contributed by atoms with Gasteiger partial charge in [-0.15, -0.1) is 0 Å². The standard InChI is InChI=1S/C9H10N2O2/c1-3-8(2)6-13-9(12)11-5-4-10-7-11/h3-5,7H,1-2,6H2. The quantitative estimate of drug-likeness (QED) is 0.660. The van der Waals surface area contributed by atoms with Crippen LogP contribution in [0.25, 0.3) is 0 Å². The normalized spacial score (nSPS) is 9.23. The Morgan fingerprint density at radius 2 is 2.46 bits per heavy atom. The van der Waals surface area contributed by atoms with Crippen LogP contribution in [0.2, 0.25) is 0 Å². The molecule has 1 aromatic heterocycles. The molecular formula is C9H10N2O2. The molecule has 0 N–H and O–H groups in total. The Balaban J connectivity index is 2.43. The summed E-state index contributed by atoms with van der Waals surface area (Å²) in [7, 11) is 0. The third-order valence-corrected chi connectivity index (χ3v) is 1.38. The van der Waals surface area contributed by atoms with Gasteiger partial charge in [-0.05, 0) is 5.57 Å². The number of carbonyl (C=O) groups is 1. The first-order valence-corrected chi connectivity index (χ1v) is 3.69. The molecule has 0 spiro atoms. The van der Waals surface area contributed by atoms with Crippen molar-refractivity contribution in [2.24, 2.45) is 0 Å². The van der Waals surface area contributed by atoms with Crippen molar-refractivity contribution in [3.8, 4) is 0 Å².